The lowest BCUT2D eigenvalue weighted by atomic mass is 10.2. The van der Waals surface area contributed by atoms with Gasteiger partial charge in [0.2, 0.25) is 0 Å². The molecule has 0 atom stereocenters. The fraction of sp³-hybridized carbons (Fsp3) is 0.167. The van der Waals surface area contributed by atoms with Crippen molar-refractivity contribution in [3.05, 3.63) is 57.8 Å². The molecule has 0 saturated heterocycles. The maximum Gasteiger partial charge on any atom is 0.279 e. The number of halogens is 2. The summed E-state index contributed by atoms with van der Waals surface area (Å²) in [4.78, 5) is 21.3. The zero-order valence-corrected chi connectivity index (χ0v) is 15.7. The van der Waals surface area contributed by atoms with Crippen molar-refractivity contribution >= 4 is 49.0 Å². The Hall–Kier alpha value is -2.49. The van der Waals surface area contributed by atoms with Gasteiger partial charge in [0.15, 0.2) is 10.6 Å². The summed E-state index contributed by atoms with van der Waals surface area (Å²) < 4.78 is 35.8. The van der Waals surface area contributed by atoms with E-state index in [1.165, 1.54) is 24.5 Å². The van der Waals surface area contributed by atoms with E-state index in [1.807, 2.05) is 0 Å². The molecule has 4 aromatic rings. The molecule has 4 rings (SSSR count). The first-order chi connectivity index (χ1) is 13.1. The van der Waals surface area contributed by atoms with E-state index < -0.39 is 17.5 Å². The molecule has 2 aromatic heterocycles. The minimum absolute atomic E-state index is 0.211. The third-order valence-corrected chi connectivity index (χ3v) is 5.81. The molecule has 0 saturated carbocycles. The second-order valence-corrected chi connectivity index (χ2v) is 7.61. The number of carbonyl (C=O) groups is 1. The summed E-state index contributed by atoms with van der Waals surface area (Å²) in [5, 5.41) is 0. The molecule has 0 bridgehead atoms. The molecule has 0 aliphatic rings. The molecule has 9 heteroatoms. The van der Waals surface area contributed by atoms with Crippen molar-refractivity contribution in [2.75, 3.05) is 13.7 Å². The van der Waals surface area contributed by atoms with E-state index >= 15 is 0 Å². The quantitative estimate of drug-likeness (QED) is 0.516. The highest BCUT2D eigenvalue weighted by Crippen LogP contribution is 2.23. The molecule has 0 aliphatic carbocycles. The van der Waals surface area contributed by atoms with Crippen LogP contribution in [0.5, 0.6) is 0 Å². The largest absolute Gasteiger partial charge is 0.383 e. The summed E-state index contributed by atoms with van der Waals surface area (Å²) in [5.74, 6) is -1.82. The van der Waals surface area contributed by atoms with Crippen molar-refractivity contribution < 1.29 is 18.3 Å². The summed E-state index contributed by atoms with van der Waals surface area (Å²) in [6.45, 7) is 0.593. The van der Waals surface area contributed by atoms with Gasteiger partial charge >= 0.3 is 0 Å². The van der Waals surface area contributed by atoms with Crippen molar-refractivity contribution in [2.24, 2.45) is 4.99 Å². The fourth-order valence-corrected chi connectivity index (χ4v) is 4.55. The van der Waals surface area contributed by atoms with E-state index in [1.54, 1.807) is 28.3 Å². The molecule has 0 fully saturated rings. The van der Waals surface area contributed by atoms with Gasteiger partial charge in [-0.2, -0.15) is 4.99 Å². The van der Waals surface area contributed by atoms with E-state index in [0.717, 1.165) is 27.6 Å². The van der Waals surface area contributed by atoms with Crippen molar-refractivity contribution in [3.8, 4) is 0 Å². The molecular formula is C18H13F2N3O2S2. The zero-order chi connectivity index (χ0) is 19.0. The van der Waals surface area contributed by atoms with E-state index in [4.69, 9.17) is 4.74 Å². The van der Waals surface area contributed by atoms with Crippen LogP contribution < -0.4 is 4.80 Å². The van der Waals surface area contributed by atoms with Gasteiger partial charge in [-0.05, 0) is 24.3 Å². The third-order valence-electron chi connectivity index (χ3n) is 3.99. The monoisotopic (exact) mass is 405 g/mol. The highest BCUT2D eigenvalue weighted by Gasteiger charge is 2.14. The number of aromatic nitrogens is 2. The van der Waals surface area contributed by atoms with Crippen LogP contribution >= 0.6 is 22.7 Å². The number of benzene rings is 2. The molecule has 1 amide bonds. The Labute approximate surface area is 160 Å². The summed E-state index contributed by atoms with van der Waals surface area (Å²) in [7, 11) is 1.53. The second kappa shape index (κ2) is 7.26. The van der Waals surface area contributed by atoms with Crippen LogP contribution in [0.1, 0.15) is 10.4 Å². The Morgan fingerprint density at radius 3 is 2.93 bits per heavy atom. The molecule has 27 heavy (non-hydrogen) atoms. The average Bonchev–Trinajstić information content (AvgIpc) is 3.23. The molecule has 5 nitrogen and oxygen atoms in total. The first-order valence-electron chi connectivity index (χ1n) is 7.96. The molecule has 2 heterocycles. The van der Waals surface area contributed by atoms with Crippen LogP contribution in [0.3, 0.4) is 0 Å². The van der Waals surface area contributed by atoms with Crippen LogP contribution in [-0.2, 0) is 11.3 Å². The number of thiazole rings is 2. The first kappa shape index (κ1) is 17.9. The Bertz CT molecular complexity index is 1230. The maximum atomic E-state index is 14.3. The number of methoxy groups -OCH3 is 1. The number of nitrogens with zero attached hydrogens (tertiary/aromatic N) is 3. The van der Waals surface area contributed by atoms with Crippen LogP contribution in [0.25, 0.3) is 20.4 Å². The predicted molar refractivity (Wildman–Crippen MR) is 101 cm³/mol. The zero-order valence-electron chi connectivity index (χ0n) is 14.1. The smallest absolute Gasteiger partial charge is 0.279 e. The predicted octanol–water partition coefficient (Wildman–Crippen LogP) is 3.98. The van der Waals surface area contributed by atoms with E-state index in [2.05, 4.69) is 9.98 Å². The van der Waals surface area contributed by atoms with Gasteiger partial charge in [-0.3, -0.25) is 4.79 Å². The molecule has 0 aliphatic heterocycles. The van der Waals surface area contributed by atoms with E-state index in [-0.39, 0.29) is 5.52 Å². The van der Waals surface area contributed by atoms with Gasteiger partial charge in [0.05, 0.1) is 32.6 Å². The van der Waals surface area contributed by atoms with Crippen LogP contribution in [0, 0.1) is 11.6 Å². The lowest BCUT2D eigenvalue weighted by Gasteiger charge is -2.05. The van der Waals surface area contributed by atoms with Gasteiger partial charge in [0.25, 0.3) is 5.91 Å². The van der Waals surface area contributed by atoms with Gasteiger partial charge in [0.1, 0.15) is 5.82 Å². The number of rotatable bonds is 4. The Morgan fingerprint density at radius 2 is 2.11 bits per heavy atom. The fourth-order valence-electron chi connectivity index (χ4n) is 2.74. The average molecular weight is 405 g/mol. The third kappa shape index (κ3) is 3.41. The number of fused-ring (bicyclic) bond motifs is 2. The van der Waals surface area contributed by atoms with Crippen LogP contribution in [0.2, 0.25) is 0 Å². The summed E-state index contributed by atoms with van der Waals surface area (Å²) in [6.07, 6.45) is 0. The molecule has 138 valence electrons. The van der Waals surface area contributed by atoms with Gasteiger partial charge in [-0.1, -0.05) is 11.3 Å². The lowest BCUT2D eigenvalue weighted by Crippen LogP contribution is -2.19. The van der Waals surface area contributed by atoms with Crippen LogP contribution in [0.4, 0.5) is 8.78 Å². The number of hydrogen-bond donors (Lipinski definition) is 0. The van der Waals surface area contributed by atoms with Crippen LogP contribution in [0.15, 0.2) is 40.8 Å². The highest BCUT2D eigenvalue weighted by atomic mass is 32.1. The number of hydrogen-bond acceptors (Lipinski definition) is 5. The molecule has 2 aromatic carbocycles. The van der Waals surface area contributed by atoms with E-state index in [9.17, 15) is 13.6 Å². The number of amides is 1. The summed E-state index contributed by atoms with van der Waals surface area (Å²) in [6, 6.07) is 7.20. The summed E-state index contributed by atoms with van der Waals surface area (Å²) >= 11 is 2.49. The van der Waals surface area contributed by atoms with Crippen molar-refractivity contribution in [1.82, 2.24) is 9.55 Å². The topological polar surface area (TPSA) is 56.5 Å². The molecular weight excluding hydrogens is 392 g/mol. The first-order valence-corrected chi connectivity index (χ1v) is 9.66. The maximum absolute atomic E-state index is 14.3. The highest BCUT2D eigenvalue weighted by molar-refractivity contribution is 7.17. The molecule has 0 unspecified atom stereocenters. The standard InChI is InChI=1S/C18H13F2N3O2S2/c1-25-5-4-23-16-12(20)7-11(19)8-15(16)27-18(23)22-17(24)10-2-3-13-14(6-10)26-9-21-13/h2-3,6-9H,4-5H2,1H3. The SMILES string of the molecule is COCCn1c(=NC(=O)c2ccc3ncsc3c2)sc2cc(F)cc(F)c21. The van der Waals surface area contributed by atoms with Gasteiger partial charge in [-0.25, -0.2) is 13.8 Å². The number of carbonyl (C=O) groups excluding carboxylic acids is 1. The second-order valence-electron chi connectivity index (χ2n) is 5.72. The normalized spacial score (nSPS) is 12.3. The molecule has 0 N–H and O–H groups in total. The minimum Gasteiger partial charge on any atom is -0.383 e. The Balaban J connectivity index is 1.85. The van der Waals surface area contributed by atoms with Gasteiger partial charge in [-0.15, -0.1) is 11.3 Å². The Kier molecular flexibility index (Phi) is 4.81. The molecule has 0 spiro atoms. The lowest BCUT2D eigenvalue weighted by molar-refractivity contribution is 0.0997. The van der Waals surface area contributed by atoms with E-state index in [0.29, 0.717) is 28.2 Å². The minimum atomic E-state index is -0.697. The Morgan fingerprint density at radius 1 is 1.26 bits per heavy atom. The number of ether oxygens (including phenoxy) is 1. The molecule has 0 radical (unpaired) electrons. The van der Waals surface area contributed by atoms with Crippen LogP contribution in [-0.4, -0.2) is 29.2 Å². The van der Waals surface area contributed by atoms with Crippen molar-refractivity contribution in [2.45, 2.75) is 6.54 Å². The summed E-state index contributed by atoms with van der Waals surface area (Å²) in [5.41, 5.74) is 3.14. The van der Waals surface area contributed by atoms with Gasteiger partial charge in [0, 0.05) is 25.3 Å². The van der Waals surface area contributed by atoms with Crippen molar-refractivity contribution in [3.63, 3.8) is 0 Å². The van der Waals surface area contributed by atoms with Crippen molar-refractivity contribution in [1.29, 1.82) is 0 Å². The van der Waals surface area contributed by atoms with Gasteiger partial charge < -0.3 is 9.30 Å².